The normalized spacial score (nSPS) is 32.9. The van der Waals surface area contributed by atoms with Crippen molar-refractivity contribution < 1.29 is 4.79 Å². The molecule has 2 fully saturated rings. The molecule has 0 spiro atoms. The van der Waals surface area contributed by atoms with Crippen LogP contribution in [0.1, 0.15) is 49.9 Å². The first-order valence-corrected chi connectivity index (χ1v) is 9.56. The second-order valence-electron chi connectivity index (χ2n) is 8.13. The molecule has 5 rings (SSSR count). The van der Waals surface area contributed by atoms with Crippen molar-refractivity contribution in [3.05, 3.63) is 35.5 Å². The van der Waals surface area contributed by atoms with Crippen LogP contribution in [0.5, 0.6) is 0 Å². The predicted octanol–water partition coefficient (Wildman–Crippen LogP) is 4.09. The van der Waals surface area contributed by atoms with Gasteiger partial charge in [0.25, 0.3) is 0 Å². The van der Waals surface area contributed by atoms with E-state index in [9.17, 15) is 4.79 Å². The highest BCUT2D eigenvalue weighted by molar-refractivity contribution is 5.85. The van der Waals surface area contributed by atoms with Crippen LogP contribution in [0, 0.1) is 17.8 Å². The van der Waals surface area contributed by atoms with Gasteiger partial charge in [-0.1, -0.05) is 24.6 Å². The summed E-state index contributed by atoms with van der Waals surface area (Å²) in [5.41, 5.74) is 4.24. The topological polar surface area (TPSA) is 36.1 Å². The number of fused-ring (bicyclic) bond motifs is 6. The van der Waals surface area contributed by atoms with Crippen LogP contribution in [0.15, 0.2) is 24.3 Å². The molecule has 3 heteroatoms. The molecule has 1 N–H and O–H groups in total. The van der Waals surface area contributed by atoms with Crippen LogP contribution in [0.3, 0.4) is 0 Å². The molecule has 0 amide bonds. The van der Waals surface area contributed by atoms with E-state index in [1.807, 2.05) is 6.92 Å². The monoisotopic (exact) mass is 322 g/mol. The second kappa shape index (κ2) is 5.45. The third kappa shape index (κ3) is 2.10. The van der Waals surface area contributed by atoms with Gasteiger partial charge in [-0.2, -0.15) is 0 Å². The van der Waals surface area contributed by atoms with Gasteiger partial charge in [0.15, 0.2) is 0 Å². The minimum absolute atomic E-state index is 0.306. The Balaban J connectivity index is 1.54. The van der Waals surface area contributed by atoms with Crippen molar-refractivity contribution in [2.75, 3.05) is 13.1 Å². The van der Waals surface area contributed by atoms with E-state index >= 15 is 0 Å². The third-order valence-corrected chi connectivity index (χ3v) is 6.97. The van der Waals surface area contributed by atoms with Gasteiger partial charge in [0.05, 0.1) is 6.04 Å². The molecule has 24 heavy (non-hydrogen) atoms. The molecule has 0 bridgehead atoms. The summed E-state index contributed by atoms with van der Waals surface area (Å²) in [5, 5.41) is 1.40. The predicted molar refractivity (Wildman–Crippen MR) is 95.9 cm³/mol. The molecule has 2 aromatic rings. The Morgan fingerprint density at radius 3 is 3.00 bits per heavy atom. The summed E-state index contributed by atoms with van der Waals surface area (Å²) in [6.07, 6.45) is 5.99. The van der Waals surface area contributed by atoms with Gasteiger partial charge >= 0.3 is 0 Å². The van der Waals surface area contributed by atoms with Crippen molar-refractivity contribution in [1.82, 2.24) is 9.88 Å². The summed E-state index contributed by atoms with van der Waals surface area (Å²) >= 11 is 0. The maximum Gasteiger partial charge on any atom is 0.133 e. The number of piperidine rings is 1. The number of carbonyl (C=O) groups is 1. The summed E-state index contributed by atoms with van der Waals surface area (Å²) in [6, 6.07) is 9.20. The SMILES string of the molecule is CC(=O)C1CCCC2CN3CCc4c([nH]c5ccccc45)C3CC21. The molecule has 4 atom stereocenters. The van der Waals surface area contributed by atoms with Gasteiger partial charge in [-0.25, -0.2) is 0 Å². The smallest absolute Gasteiger partial charge is 0.133 e. The maximum atomic E-state index is 12.2. The van der Waals surface area contributed by atoms with E-state index in [1.165, 1.54) is 48.1 Å². The van der Waals surface area contributed by atoms with Crippen molar-refractivity contribution in [3.63, 3.8) is 0 Å². The van der Waals surface area contributed by atoms with Gasteiger partial charge in [0.1, 0.15) is 5.78 Å². The third-order valence-electron chi connectivity index (χ3n) is 6.97. The highest BCUT2D eigenvalue weighted by Gasteiger charge is 2.45. The molecule has 2 aliphatic heterocycles. The number of nitrogens with zero attached hydrogens (tertiary/aromatic N) is 1. The maximum absolute atomic E-state index is 12.2. The Labute approximate surface area is 143 Å². The number of carbonyl (C=O) groups excluding carboxylic acids is 1. The van der Waals surface area contributed by atoms with Gasteiger partial charge < -0.3 is 4.98 Å². The lowest BCUT2D eigenvalue weighted by atomic mass is 9.65. The summed E-state index contributed by atoms with van der Waals surface area (Å²) in [5.74, 6) is 2.05. The van der Waals surface area contributed by atoms with Crippen LogP contribution in [-0.4, -0.2) is 28.8 Å². The van der Waals surface area contributed by atoms with Gasteiger partial charge in [0, 0.05) is 35.6 Å². The molecule has 1 aromatic heterocycles. The van der Waals surface area contributed by atoms with Crippen LogP contribution < -0.4 is 0 Å². The number of hydrogen-bond donors (Lipinski definition) is 1. The summed E-state index contributed by atoms with van der Waals surface area (Å²) in [7, 11) is 0. The Hall–Kier alpha value is -1.61. The lowest BCUT2D eigenvalue weighted by Crippen LogP contribution is -2.49. The second-order valence-corrected chi connectivity index (χ2v) is 8.13. The largest absolute Gasteiger partial charge is 0.357 e. The summed E-state index contributed by atoms with van der Waals surface area (Å²) in [4.78, 5) is 18.6. The number of nitrogens with one attached hydrogen (secondary N) is 1. The zero-order chi connectivity index (χ0) is 16.3. The lowest BCUT2D eigenvalue weighted by molar-refractivity contribution is -0.126. The number of Topliss-reactive ketones (excluding diaryl/α,β-unsaturated/α-hetero) is 1. The van der Waals surface area contributed by atoms with Gasteiger partial charge in [-0.3, -0.25) is 9.69 Å². The molecule has 3 heterocycles. The Bertz CT molecular complexity index is 792. The lowest BCUT2D eigenvalue weighted by Gasteiger charge is -2.50. The fourth-order valence-corrected chi connectivity index (χ4v) is 5.86. The van der Waals surface area contributed by atoms with E-state index < -0.39 is 0 Å². The van der Waals surface area contributed by atoms with Crippen LogP contribution >= 0.6 is 0 Å². The minimum atomic E-state index is 0.306. The summed E-state index contributed by atoms with van der Waals surface area (Å²) in [6.45, 7) is 4.18. The molecule has 1 saturated heterocycles. The number of hydrogen-bond acceptors (Lipinski definition) is 2. The zero-order valence-corrected chi connectivity index (χ0v) is 14.4. The van der Waals surface area contributed by atoms with Crippen molar-refractivity contribution in [1.29, 1.82) is 0 Å². The number of rotatable bonds is 1. The van der Waals surface area contributed by atoms with Crippen molar-refractivity contribution in [2.45, 2.75) is 45.1 Å². The molecular formula is C21H26N2O. The van der Waals surface area contributed by atoms with E-state index in [0.717, 1.165) is 25.2 Å². The Morgan fingerprint density at radius 2 is 2.12 bits per heavy atom. The van der Waals surface area contributed by atoms with Crippen LogP contribution in [-0.2, 0) is 11.2 Å². The number of benzene rings is 1. The first-order valence-electron chi connectivity index (χ1n) is 9.56. The zero-order valence-electron chi connectivity index (χ0n) is 14.4. The van der Waals surface area contributed by atoms with Crippen LogP contribution in [0.25, 0.3) is 10.9 Å². The van der Waals surface area contributed by atoms with E-state index in [0.29, 0.717) is 23.7 Å². The molecule has 126 valence electrons. The van der Waals surface area contributed by atoms with Crippen LogP contribution in [0.4, 0.5) is 0 Å². The minimum Gasteiger partial charge on any atom is -0.357 e. The Kier molecular flexibility index (Phi) is 3.34. The van der Waals surface area contributed by atoms with Crippen molar-refractivity contribution >= 4 is 16.7 Å². The van der Waals surface area contributed by atoms with Gasteiger partial charge in [-0.05, 0) is 56.1 Å². The van der Waals surface area contributed by atoms with E-state index in [1.54, 1.807) is 0 Å². The first-order chi connectivity index (χ1) is 11.7. The standard InChI is InChI=1S/C21H26N2O/c1-13(24)15-7-4-5-14-12-23-10-9-17-16-6-2-3-8-19(16)22-21(17)20(23)11-18(14)15/h2-3,6,8,14-15,18,20,22H,4-5,7,9-12H2,1H3. The average molecular weight is 322 g/mol. The number of aromatic nitrogens is 1. The number of ketones is 1. The molecular weight excluding hydrogens is 296 g/mol. The van der Waals surface area contributed by atoms with Crippen LogP contribution in [0.2, 0.25) is 0 Å². The summed E-state index contributed by atoms with van der Waals surface area (Å²) < 4.78 is 0. The number of H-pyrrole nitrogens is 1. The molecule has 4 unspecified atom stereocenters. The highest BCUT2D eigenvalue weighted by atomic mass is 16.1. The van der Waals surface area contributed by atoms with E-state index in [-0.39, 0.29) is 0 Å². The molecule has 3 aliphatic rings. The fraction of sp³-hybridized carbons (Fsp3) is 0.571. The number of para-hydroxylation sites is 1. The van der Waals surface area contributed by atoms with E-state index in [2.05, 4.69) is 34.1 Å². The van der Waals surface area contributed by atoms with Crippen molar-refractivity contribution in [2.24, 2.45) is 17.8 Å². The van der Waals surface area contributed by atoms with E-state index in [4.69, 9.17) is 0 Å². The number of aromatic amines is 1. The fourth-order valence-electron chi connectivity index (χ4n) is 5.86. The molecule has 1 aromatic carbocycles. The Morgan fingerprint density at radius 1 is 1.25 bits per heavy atom. The molecule has 0 radical (unpaired) electrons. The van der Waals surface area contributed by atoms with Crippen molar-refractivity contribution in [3.8, 4) is 0 Å². The average Bonchev–Trinajstić information content (AvgIpc) is 2.98. The van der Waals surface area contributed by atoms with Gasteiger partial charge in [0.2, 0.25) is 0 Å². The highest BCUT2D eigenvalue weighted by Crippen LogP contribution is 2.49. The molecule has 1 saturated carbocycles. The quantitative estimate of drug-likeness (QED) is 0.858. The first kappa shape index (κ1) is 14.7. The molecule has 1 aliphatic carbocycles. The molecule has 3 nitrogen and oxygen atoms in total. The van der Waals surface area contributed by atoms with Gasteiger partial charge in [-0.15, -0.1) is 0 Å².